The Morgan fingerprint density at radius 3 is 2.75 bits per heavy atom. The van der Waals surface area contributed by atoms with Gasteiger partial charge in [-0.3, -0.25) is 4.90 Å². The van der Waals surface area contributed by atoms with Crippen LogP contribution in [0.5, 0.6) is 5.75 Å². The van der Waals surface area contributed by atoms with Crippen LogP contribution in [0.3, 0.4) is 0 Å². The van der Waals surface area contributed by atoms with Crippen LogP contribution in [-0.2, 0) is 6.54 Å². The molecule has 1 aromatic rings. The Hall–Kier alpha value is -0.770. The smallest absolute Gasteiger partial charge is 0.121 e. The van der Waals surface area contributed by atoms with Crippen molar-refractivity contribution in [3.8, 4) is 5.75 Å². The molecule has 0 radical (unpaired) electrons. The van der Waals surface area contributed by atoms with Crippen molar-refractivity contribution in [2.24, 2.45) is 17.6 Å². The lowest BCUT2D eigenvalue weighted by molar-refractivity contribution is 0.298. The van der Waals surface area contributed by atoms with Gasteiger partial charge in [0.1, 0.15) is 5.75 Å². The van der Waals surface area contributed by atoms with E-state index in [0.717, 1.165) is 24.1 Å². The lowest BCUT2D eigenvalue weighted by Gasteiger charge is -2.19. The zero-order chi connectivity index (χ0) is 13.4. The maximum absolute atomic E-state index is 6.19. The topological polar surface area (TPSA) is 38.5 Å². The summed E-state index contributed by atoms with van der Waals surface area (Å²) in [6, 6.07) is 6.94. The van der Waals surface area contributed by atoms with E-state index in [9.17, 15) is 0 Å². The van der Waals surface area contributed by atoms with Crippen LogP contribution < -0.4 is 10.5 Å². The van der Waals surface area contributed by atoms with Gasteiger partial charge in [-0.2, -0.15) is 0 Å². The van der Waals surface area contributed by atoms with Crippen LogP contribution in [0.2, 0.25) is 0 Å². The number of aryl methyl sites for hydroxylation is 1. The fourth-order valence-electron chi connectivity index (χ4n) is 3.83. The molecule has 1 aliphatic heterocycles. The van der Waals surface area contributed by atoms with Crippen molar-refractivity contribution in [1.82, 2.24) is 4.90 Å². The maximum atomic E-state index is 6.19. The van der Waals surface area contributed by atoms with Gasteiger partial charge in [0.15, 0.2) is 0 Å². The average Bonchev–Trinajstić information content (AvgIpc) is 2.92. The summed E-state index contributed by atoms with van der Waals surface area (Å²) in [6.45, 7) is 5.56. The molecule has 1 saturated carbocycles. The van der Waals surface area contributed by atoms with E-state index in [1.165, 1.54) is 37.1 Å². The summed E-state index contributed by atoms with van der Waals surface area (Å²) in [5, 5.41) is 0. The molecule has 0 amide bonds. The second-order valence-corrected chi connectivity index (χ2v) is 6.16. The van der Waals surface area contributed by atoms with E-state index in [0.29, 0.717) is 6.04 Å². The zero-order valence-corrected chi connectivity index (χ0v) is 13.2. The van der Waals surface area contributed by atoms with Gasteiger partial charge < -0.3 is 10.5 Å². The standard InChI is InChI=1S/C16H24N2O.ClH/c1-11-7-12(3-6-16(11)19-2)8-18-9-13-4-5-15(17)14(13)10-18;/h3,6-7,13-15H,4-5,8-10,17H2,1-2H3;1H. The van der Waals surface area contributed by atoms with Gasteiger partial charge >= 0.3 is 0 Å². The number of methoxy groups -OCH3 is 1. The SMILES string of the molecule is COc1ccc(CN2CC3CCC(N)C3C2)cc1C.Cl. The third-order valence-electron chi connectivity index (χ3n) is 4.85. The molecule has 1 aromatic carbocycles. The molecule has 2 aliphatic rings. The van der Waals surface area contributed by atoms with Crippen molar-refractivity contribution < 1.29 is 4.74 Å². The van der Waals surface area contributed by atoms with E-state index in [2.05, 4.69) is 30.0 Å². The Morgan fingerprint density at radius 1 is 1.30 bits per heavy atom. The molecule has 3 unspecified atom stereocenters. The van der Waals surface area contributed by atoms with E-state index in [1.807, 2.05) is 0 Å². The molecule has 2 N–H and O–H groups in total. The largest absolute Gasteiger partial charge is 0.496 e. The van der Waals surface area contributed by atoms with E-state index in [4.69, 9.17) is 10.5 Å². The van der Waals surface area contributed by atoms with Crippen molar-refractivity contribution >= 4 is 12.4 Å². The Bertz CT molecular complexity index is 466. The van der Waals surface area contributed by atoms with E-state index < -0.39 is 0 Å². The van der Waals surface area contributed by atoms with Crippen molar-refractivity contribution in [3.05, 3.63) is 29.3 Å². The molecule has 3 rings (SSSR count). The molecule has 1 saturated heterocycles. The van der Waals surface area contributed by atoms with Crippen molar-refractivity contribution in [2.45, 2.75) is 32.4 Å². The molecule has 112 valence electrons. The van der Waals surface area contributed by atoms with Crippen molar-refractivity contribution in [2.75, 3.05) is 20.2 Å². The highest BCUT2D eigenvalue weighted by Gasteiger charge is 2.40. The normalized spacial score (nSPS) is 29.1. The number of benzene rings is 1. The van der Waals surface area contributed by atoms with E-state index in [1.54, 1.807) is 7.11 Å². The van der Waals surface area contributed by atoms with Gasteiger partial charge in [-0.15, -0.1) is 12.4 Å². The zero-order valence-electron chi connectivity index (χ0n) is 12.3. The lowest BCUT2D eigenvalue weighted by atomic mass is 9.98. The van der Waals surface area contributed by atoms with Crippen LogP contribution in [-0.4, -0.2) is 31.1 Å². The van der Waals surface area contributed by atoms with Crippen molar-refractivity contribution in [3.63, 3.8) is 0 Å². The van der Waals surface area contributed by atoms with Crippen molar-refractivity contribution in [1.29, 1.82) is 0 Å². The van der Waals surface area contributed by atoms with Crippen LogP contribution >= 0.6 is 12.4 Å². The lowest BCUT2D eigenvalue weighted by Crippen LogP contribution is -2.30. The van der Waals surface area contributed by atoms with Crippen LogP contribution in [0.1, 0.15) is 24.0 Å². The number of fused-ring (bicyclic) bond motifs is 1. The Balaban J connectivity index is 0.00000147. The number of hydrogen-bond acceptors (Lipinski definition) is 3. The van der Waals surface area contributed by atoms with Crippen LogP contribution in [0.15, 0.2) is 18.2 Å². The van der Waals surface area contributed by atoms with Gasteiger partial charge in [-0.05, 0) is 48.8 Å². The monoisotopic (exact) mass is 296 g/mol. The molecule has 3 nitrogen and oxygen atoms in total. The number of likely N-dealkylation sites (tertiary alicyclic amines) is 1. The highest BCUT2D eigenvalue weighted by Crippen LogP contribution is 2.37. The third-order valence-corrected chi connectivity index (χ3v) is 4.85. The van der Waals surface area contributed by atoms with Gasteiger partial charge in [-0.1, -0.05) is 12.1 Å². The minimum Gasteiger partial charge on any atom is -0.496 e. The predicted octanol–water partition coefficient (Wildman–Crippen LogP) is 2.59. The first-order valence-electron chi connectivity index (χ1n) is 7.29. The Morgan fingerprint density at radius 2 is 2.10 bits per heavy atom. The van der Waals surface area contributed by atoms with Gasteiger partial charge in [0.25, 0.3) is 0 Å². The second-order valence-electron chi connectivity index (χ2n) is 6.16. The summed E-state index contributed by atoms with van der Waals surface area (Å²) in [7, 11) is 1.73. The fourth-order valence-corrected chi connectivity index (χ4v) is 3.83. The Labute approximate surface area is 127 Å². The van der Waals surface area contributed by atoms with Gasteiger partial charge in [-0.25, -0.2) is 0 Å². The maximum Gasteiger partial charge on any atom is 0.121 e. The molecule has 1 aliphatic carbocycles. The number of rotatable bonds is 3. The molecule has 20 heavy (non-hydrogen) atoms. The molecule has 3 atom stereocenters. The number of nitrogens with zero attached hydrogens (tertiary/aromatic N) is 1. The summed E-state index contributed by atoms with van der Waals surface area (Å²) < 4.78 is 5.31. The molecule has 0 aromatic heterocycles. The van der Waals surface area contributed by atoms with Gasteiger partial charge in [0.2, 0.25) is 0 Å². The first-order valence-corrected chi connectivity index (χ1v) is 7.29. The summed E-state index contributed by atoms with van der Waals surface area (Å²) >= 11 is 0. The number of hydrogen-bond donors (Lipinski definition) is 1. The summed E-state index contributed by atoms with van der Waals surface area (Å²) in [4.78, 5) is 2.57. The average molecular weight is 297 g/mol. The van der Waals surface area contributed by atoms with Crippen LogP contribution in [0.25, 0.3) is 0 Å². The highest BCUT2D eigenvalue weighted by molar-refractivity contribution is 5.85. The predicted molar refractivity (Wildman–Crippen MR) is 84.4 cm³/mol. The third kappa shape index (κ3) is 2.95. The fraction of sp³-hybridized carbons (Fsp3) is 0.625. The Kier molecular flexibility index (Phi) is 4.95. The molecule has 4 heteroatoms. The quantitative estimate of drug-likeness (QED) is 0.932. The number of ether oxygens (including phenoxy) is 1. The molecule has 1 heterocycles. The molecule has 0 bridgehead atoms. The minimum atomic E-state index is 0. The van der Waals surface area contributed by atoms with Gasteiger partial charge in [0.05, 0.1) is 7.11 Å². The minimum absolute atomic E-state index is 0. The first-order chi connectivity index (χ1) is 9.17. The van der Waals surface area contributed by atoms with E-state index >= 15 is 0 Å². The molecular formula is C16H25ClN2O. The summed E-state index contributed by atoms with van der Waals surface area (Å²) in [5.41, 5.74) is 8.79. The second kappa shape index (κ2) is 6.33. The highest BCUT2D eigenvalue weighted by atomic mass is 35.5. The van der Waals surface area contributed by atoms with E-state index in [-0.39, 0.29) is 12.4 Å². The van der Waals surface area contributed by atoms with Crippen LogP contribution in [0, 0.1) is 18.8 Å². The van der Waals surface area contributed by atoms with Gasteiger partial charge in [0, 0.05) is 25.7 Å². The number of nitrogens with two attached hydrogens (primary N) is 1. The first kappa shape index (κ1) is 15.6. The molecule has 2 fully saturated rings. The van der Waals surface area contributed by atoms with Crippen LogP contribution in [0.4, 0.5) is 0 Å². The number of halogens is 1. The molecule has 0 spiro atoms. The molecular weight excluding hydrogens is 272 g/mol. The summed E-state index contributed by atoms with van der Waals surface area (Å²) in [5.74, 6) is 2.55. The summed E-state index contributed by atoms with van der Waals surface area (Å²) in [6.07, 6.45) is 2.55.